The van der Waals surface area contributed by atoms with Crippen LogP contribution in [0.1, 0.15) is 216 Å². The van der Waals surface area contributed by atoms with Crippen LogP contribution in [0.5, 0.6) is 11.5 Å². The van der Waals surface area contributed by atoms with Crippen LogP contribution in [0.25, 0.3) is 83.4 Å². The fourth-order valence-electron chi connectivity index (χ4n) is 11.9. The quantitative estimate of drug-likeness (QED) is 0.112. The van der Waals surface area contributed by atoms with E-state index in [1.54, 1.807) is 28.8 Å². The molecule has 11 aromatic rings. The zero-order valence-electron chi connectivity index (χ0n) is 87.1. The number of para-hydroxylation sites is 4. The zero-order chi connectivity index (χ0) is 93.4. The maximum Gasteiger partial charge on any atom is 0.268 e. The predicted octanol–water partition coefficient (Wildman–Crippen LogP) is 19.9. The van der Waals surface area contributed by atoms with Gasteiger partial charge in [-0.05, 0) is 168 Å². The van der Waals surface area contributed by atoms with Gasteiger partial charge in [-0.2, -0.15) is 18.2 Å². The Balaban J connectivity index is 0.0000136. The van der Waals surface area contributed by atoms with Gasteiger partial charge in [0.05, 0.1) is 24.9 Å². The van der Waals surface area contributed by atoms with Gasteiger partial charge < -0.3 is 13.9 Å². The van der Waals surface area contributed by atoms with Crippen LogP contribution in [0.4, 0.5) is 0 Å². The minimum atomic E-state index is -4.88. The van der Waals surface area contributed by atoms with Gasteiger partial charge in [0.25, 0.3) is 6.33 Å². The third kappa shape index (κ3) is 9.45. The van der Waals surface area contributed by atoms with Crippen LogP contribution in [-0.2, 0) is 53.6 Å². The third-order valence-corrected chi connectivity index (χ3v) is 16.4. The first-order chi connectivity index (χ1) is 56.8. The summed E-state index contributed by atoms with van der Waals surface area (Å²) < 4.78 is 391. The number of imidazole rings is 1. The topological polar surface area (TPSA) is 35.9 Å². The number of rotatable bonds is 8. The van der Waals surface area contributed by atoms with Crippen molar-refractivity contribution in [1.29, 1.82) is 0 Å². The van der Waals surface area contributed by atoms with Crippen molar-refractivity contribution >= 4 is 32.8 Å². The van der Waals surface area contributed by atoms with Gasteiger partial charge in [-0.25, -0.2) is 4.98 Å². The number of hydrogen-bond acceptors (Lipinski definition) is 2. The van der Waals surface area contributed by atoms with E-state index in [9.17, 15) is 19.2 Å². The number of pyridine rings is 1. The van der Waals surface area contributed by atoms with Crippen LogP contribution in [0.3, 0.4) is 0 Å². The van der Waals surface area contributed by atoms with Gasteiger partial charge in [0.2, 0.25) is 0 Å². The molecule has 6 heteroatoms. The Morgan fingerprint density at radius 2 is 1.14 bits per heavy atom. The molecule has 0 saturated carbocycles. The van der Waals surface area contributed by atoms with Crippen molar-refractivity contribution in [2.75, 3.05) is 0 Å². The standard InChI is InChI=1S/C79H78N4O.Pt/c1-50-42-72(80-48-61(50)53-30-35-64-67(45-53)79(12,13)41-38-76(64,6)7)83-68-25-15-14-22-59(68)60-32-31-56(47-71(60)83)84-55-21-18-20-54(46-55)81-49-82(70-27-17-16-26-69(70)81)73-57(51-28-33-62-65(43-51)77(8,9)39-36-74(62,2)3)23-19-24-58(73)52-29-34-63-66(44-52)78(10,11)40-37-75(63,4)5;/h14-35,42-45,48H,36-41H2,1-13H3;/q-2;/i1D3,2D3,3D3,4D3,5D3,8D3,9D3,10D3,11D3,28D,29D,33D,34D,36D2,37D2,39D2,40D2,43D,44D;. The average Bonchev–Trinajstić information content (AvgIpc) is 0.782. The van der Waals surface area contributed by atoms with Gasteiger partial charge in [-0.15, -0.1) is 29.7 Å². The number of nitrogens with zero attached hydrogens (tertiary/aromatic N) is 4. The normalized spacial score (nSPS) is 28.4. The Labute approximate surface area is 576 Å². The van der Waals surface area contributed by atoms with E-state index < -0.39 is 195 Å². The molecule has 0 N–H and O–H groups in total. The fraction of sp³-hybridized carbons (Fsp3) is 0.316. The molecule has 0 spiro atoms. The molecule has 0 amide bonds. The number of ether oxygens (including phenoxy) is 1. The van der Waals surface area contributed by atoms with Crippen molar-refractivity contribution in [2.45, 2.75) is 160 Å². The monoisotopic (exact) mass is 1330 g/mol. The molecular formula is C79H78N4OPt-2. The van der Waals surface area contributed by atoms with E-state index in [0.29, 0.717) is 32.9 Å². The summed E-state index contributed by atoms with van der Waals surface area (Å²) in [4.78, 5) is 4.94. The molecule has 3 aromatic heterocycles. The second-order valence-corrected chi connectivity index (χ2v) is 23.0. The molecule has 0 saturated heterocycles. The molecule has 0 radical (unpaired) electrons. The molecule has 0 atom stereocenters. The Morgan fingerprint density at radius 3 is 1.80 bits per heavy atom. The van der Waals surface area contributed by atoms with E-state index in [2.05, 4.69) is 52.2 Å². The van der Waals surface area contributed by atoms with Crippen molar-refractivity contribution < 1.29 is 86.6 Å². The van der Waals surface area contributed by atoms with Gasteiger partial charge in [0, 0.05) is 97.8 Å². The van der Waals surface area contributed by atoms with Crippen molar-refractivity contribution in [2.24, 2.45) is 0 Å². The van der Waals surface area contributed by atoms with E-state index >= 15 is 0 Å². The molecule has 3 aliphatic rings. The minimum absolute atomic E-state index is 0. The Bertz CT molecular complexity index is 6080. The SMILES string of the molecule is [2H]c1c([2H])c2c(c([2H])c1-c1cccc(-c3c([2H])c([2H])c4c(c3[2H])C(C([2H])([2H])[2H])(C([2H])([2H])[2H])C([2H])([2H])C([2H])([2H])C4(C([2H])([2H])[2H])C([2H])([2H])[2H])c1-[n+]1[c-]n(-c3[c-]c(Oc4[c-]c5c(cc4)c4ccccc4n5-c4cc(C([2H])([2H])[2H])c(-c5ccc6c(c5)C(C)(C)CCC6(C)C)cn4)ccc3)c3ccccc31)C(C([2H])([2H])[2H])(C([2H])([2H])[2H])C([2H])([2H])C([2H])([2H])C2(C([2H])([2H])[2H])C([2H])([2H])[2H].[Pt]. The van der Waals surface area contributed by atoms with Crippen LogP contribution in [0.15, 0.2) is 164 Å². The van der Waals surface area contributed by atoms with Crippen molar-refractivity contribution in [3.63, 3.8) is 0 Å². The van der Waals surface area contributed by atoms with Crippen LogP contribution in [0.2, 0.25) is 0 Å². The first kappa shape index (κ1) is 26.7. The molecule has 3 heterocycles. The van der Waals surface area contributed by atoms with Gasteiger partial charge in [0.1, 0.15) is 5.82 Å². The molecule has 432 valence electrons. The molecule has 0 unspecified atom stereocenters. The predicted molar refractivity (Wildman–Crippen MR) is 347 cm³/mol. The van der Waals surface area contributed by atoms with Crippen LogP contribution < -0.4 is 9.30 Å². The summed E-state index contributed by atoms with van der Waals surface area (Å²) in [5.74, 6) is 0.112. The molecule has 5 nitrogen and oxygen atoms in total. The molecular weight excluding hydrogens is 1220 g/mol. The molecule has 8 aromatic carbocycles. The van der Waals surface area contributed by atoms with E-state index in [1.807, 2.05) is 24.3 Å². The number of hydrogen-bond donors (Lipinski definition) is 0. The summed E-state index contributed by atoms with van der Waals surface area (Å²) in [7, 11) is 0. The molecule has 14 rings (SSSR count). The van der Waals surface area contributed by atoms with Gasteiger partial charge in [0.15, 0.2) is 0 Å². The van der Waals surface area contributed by atoms with E-state index in [1.165, 1.54) is 59.3 Å². The number of benzene rings is 8. The summed E-state index contributed by atoms with van der Waals surface area (Å²) in [6.45, 7) is -30.6. The van der Waals surface area contributed by atoms with E-state index in [0.717, 1.165) is 46.7 Å². The first-order valence-corrected chi connectivity index (χ1v) is 27.0. The van der Waals surface area contributed by atoms with Gasteiger partial charge in [-0.1, -0.05) is 203 Å². The molecule has 85 heavy (non-hydrogen) atoms. The molecule has 0 fully saturated rings. The number of aromatic nitrogens is 4. The maximum absolute atomic E-state index is 10.4. The first-order valence-electron chi connectivity index (χ1n) is 47.5. The van der Waals surface area contributed by atoms with Gasteiger partial charge >= 0.3 is 0 Å². The second kappa shape index (κ2) is 20.1. The summed E-state index contributed by atoms with van der Waals surface area (Å²) in [5.41, 5.74) is -28.4. The summed E-state index contributed by atoms with van der Waals surface area (Å²) in [6, 6.07) is 26.5. The Kier molecular flexibility index (Phi) is 6.33. The largest absolute Gasteiger partial charge is 0.510 e. The average molecular weight is 1340 g/mol. The molecule has 0 bridgehead atoms. The number of fused-ring (bicyclic) bond motifs is 7. The molecule has 3 aliphatic carbocycles. The second-order valence-electron chi connectivity index (χ2n) is 23.0. The van der Waals surface area contributed by atoms with Crippen LogP contribution >= 0.6 is 0 Å². The Hall–Kier alpha value is -7.33. The van der Waals surface area contributed by atoms with E-state index in [-0.39, 0.29) is 71.5 Å². The smallest absolute Gasteiger partial charge is 0.268 e. The summed E-state index contributed by atoms with van der Waals surface area (Å²) in [6.07, 6.45) is -13.0. The summed E-state index contributed by atoms with van der Waals surface area (Å²) >= 11 is 0. The van der Waals surface area contributed by atoms with Crippen LogP contribution in [0, 0.1) is 25.3 Å². The Morgan fingerprint density at radius 1 is 0.541 bits per heavy atom. The fourth-order valence-corrected chi connectivity index (χ4v) is 11.9. The minimum Gasteiger partial charge on any atom is -0.510 e. The van der Waals surface area contributed by atoms with Crippen LogP contribution in [-0.4, -0.2) is 14.1 Å². The van der Waals surface area contributed by atoms with Crippen molar-refractivity contribution in [3.05, 3.63) is 221 Å². The third-order valence-electron chi connectivity index (χ3n) is 16.4. The molecule has 0 aliphatic heterocycles. The van der Waals surface area contributed by atoms with Gasteiger partial charge in [-0.3, -0.25) is 4.57 Å². The zero-order valence-corrected chi connectivity index (χ0v) is 48.3. The van der Waals surface area contributed by atoms with E-state index in [4.69, 9.17) is 46.7 Å². The maximum atomic E-state index is 10.4. The van der Waals surface area contributed by atoms with Crippen molar-refractivity contribution in [3.8, 4) is 62.1 Å². The van der Waals surface area contributed by atoms with Crippen molar-refractivity contribution in [1.82, 2.24) is 14.1 Å². The summed E-state index contributed by atoms with van der Waals surface area (Å²) in [5, 5.41) is 1.32. The number of aryl methyl sites for hydroxylation is 1.